The highest BCUT2D eigenvalue weighted by molar-refractivity contribution is 7.99. The summed E-state index contributed by atoms with van der Waals surface area (Å²) >= 11 is 1.37. The Labute approximate surface area is 101 Å². The van der Waals surface area contributed by atoms with Crippen molar-refractivity contribution in [2.24, 2.45) is 0 Å². The van der Waals surface area contributed by atoms with Gasteiger partial charge in [0.25, 0.3) is 0 Å². The van der Waals surface area contributed by atoms with E-state index >= 15 is 0 Å². The lowest BCUT2D eigenvalue weighted by Gasteiger charge is -2.02. The molecule has 1 aliphatic carbocycles. The summed E-state index contributed by atoms with van der Waals surface area (Å²) in [5.41, 5.74) is 6.04. The van der Waals surface area contributed by atoms with Crippen LogP contribution in [0.5, 0.6) is 0 Å². The third-order valence-corrected chi connectivity index (χ3v) is 3.46. The van der Waals surface area contributed by atoms with Crippen molar-refractivity contribution >= 4 is 17.4 Å². The van der Waals surface area contributed by atoms with Crippen molar-refractivity contribution in [1.82, 2.24) is 19.7 Å². The van der Waals surface area contributed by atoms with Gasteiger partial charge in [-0.2, -0.15) is 0 Å². The molecule has 88 valence electrons. The molecule has 0 aliphatic heterocycles. The number of nitrogen functional groups attached to an aromatic ring is 1. The van der Waals surface area contributed by atoms with Crippen molar-refractivity contribution in [3.63, 3.8) is 0 Å². The van der Waals surface area contributed by atoms with Gasteiger partial charge in [0.1, 0.15) is 5.03 Å². The molecule has 17 heavy (non-hydrogen) atoms. The highest BCUT2D eigenvalue weighted by Gasteiger charge is 2.28. The fourth-order valence-electron chi connectivity index (χ4n) is 1.56. The number of anilines is 1. The van der Waals surface area contributed by atoms with Crippen LogP contribution in [0.1, 0.15) is 18.9 Å². The highest BCUT2D eigenvalue weighted by atomic mass is 32.2. The number of pyridine rings is 1. The number of nitrogens with two attached hydrogens (primary N) is 1. The summed E-state index contributed by atoms with van der Waals surface area (Å²) in [4.78, 5) is 15.7. The molecular formula is C10H11N5OS. The predicted molar refractivity (Wildman–Crippen MR) is 63.9 cm³/mol. The Morgan fingerprint density at radius 1 is 1.47 bits per heavy atom. The van der Waals surface area contributed by atoms with Crippen LogP contribution in [-0.4, -0.2) is 19.7 Å². The molecule has 0 unspecified atom stereocenters. The molecule has 7 heteroatoms. The summed E-state index contributed by atoms with van der Waals surface area (Å²) in [6.07, 6.45) is 3.68. The van der Waals surface area contributed by atoms with Crippen LogP contribution < -0.4 is 11.4 Å². The summed E-state index contributed by atoms with van der Waals surface area (Å²) in [7, 11) is 0. The summed E-state index contributed by atoms with van der Waals surface area (Å²) in [5, 5.41) is 7.93. The second-order valence-corrected chi connectivity index (χ2v) is 4.93. The first kappa shape index (κ1) is 10.4. The van der Waals surface area contributed by atoms with Gasteiger partial charge >= 0.3 is 5.69 Å². The monoisotopic (exact) mass is 249 g/mol. The van der Waals surface area contributed by atoms with Crippen LogP contribution in [0, 0.1) is 0 Å². The van der Waals surface area contributed by atoms with Crippen molar-refractivity contribution in [1.29, 1.82) is 0 Å². The van der Waals surface area contributed by atoms with Crippen LogP contribution in [0.3, 0.4) is 0 Å². The van der Waals surface area contributed by atoms with Gasteiger partial charge in [0.05, 0.1) is 11.9 Å². The molecule has 0 aromatic carbocycles. The van der Waals surface area contributed by atoms with Crippen molar-refractivity contribution in [2.45, 2.75) is 29.1 Å². The van der Waals surface area contributed by atoms with E-state index in [4.69, 9.17) is 5.73 Å². The van der Waals surface area contributed by atoms with Crippen LogP contribution in [0.25, 0.3) is 0 Å². The van der Waals surface area contributed by atoms with Crippen LogP contribution in [-0.2, 0) is 0 Å². The molecule has 0 radical (unpaired) electrons. The zero-order valence-corrected chi connectivity index (χ0v) is 9.78. The van der Waals surface area contributed by atoms with Crippen LogP contribution >= 0.6 is 11.8 Å². The Hall–Kier alpha value is -1.76. The molecule has 6 nitrogen and oxygen atoms in total. The Morgan fingerprint density at radius 3 is 2.94 bits per heavy atom. The fraction of sp³-hybridized carbons (Fsp3) is 0.300. The smallest absolute Gasteiger partial charge is 0.344 e. The average Bonchev–Trinajstić information content (AvgIpc) is 3.08. The normalized spacial score (nSPS) is 15.1. The molecule has 3 rings (SSSR count). The van der Waals surface area contributed by atoms with Crippen molar-refractivity contribution < 1.29 is 0 Å². The maximum atomic E-state index is 11.6. The molecule has 0 amide bonds. The lowest BCUT2D eigenvalue weighted by atomic mass is 10.4. The molecule has 1 aliphatic rings. The number of hydrogen-bond donors (Lipinski definition) is 2. The van der Waals surface area contributed by atoms with Crippen LogP contribution in [0.4, 0.5) is 5.69 Å². The van der Waals surface area contributed by atoms with E-state index in [-0.39, 0.29) is 5.69 Å². The van der Waals surface area contributed by atoms with E-state index in [0.29, 0.717) is 16.9 Å². The van der Waals surface area contributed by atoms with E-state index in [2.05, 4.69) is 15.2 Å². The van der Waals surface area contributed by atoms with Gasteiger partial charge in [-0.1, -0.05) is 0 Å². The first-order valence-corrected chi connectivity index (χ1v) is 6.12. The van der Waals surface area contributed by atoms with Gasteiger partial charge in [0.15, 0.2) is 5.16 Å². The molecule has 0 bridgehead atoms. The van der Waals surface area contributed by atoms with E-state index in [1.54, 1.807) is 16.8 Å². The molecule has 2 heterocycles. The lowest BCUT2D eigenvalue weighted by Crippen LogP contribution is -2.16. The van der Waals surface area contributed by atoms with Gasteiger partial charge in [0, 0.05) is 6.04 Å². The molecule has 1 saturated carbocycles. The lowest BCUT2D eigenvalue weighted by molar-refractivity contribution is 0.642. The predicted octanol–water partition coefficient (Wildman–Crippen LogP) is 1.03. The molecule has 0 atom stereocenters. The Bertz CT molecular complexity index is 583. The van der Waals surface area contributed by atoms with Gasteiger partial charge in [-0.05, 0) is 36.7 Å². The quantitative estimate of drug-likeness (QED) is 0.848. The zero-order chi connectivity index (χ0) is 11.8. The SMILES string of the molecule is Nc1ccc(Sc2n[nH]c(=O)n2C2CC2)nc1. The summed E-state index contributed by atoms with van der Waals surface area (Å²) in [5.74, 6) is 0. The van der Waals surface area contributed by atoms with Crippen molar-refractivity contribution in [3.05, 3.63) is 28.8 Å². The first-order chi connectivity index (χ1) is 8.24. The second kappa shape index (κ2) is 3.92. The number of nitrogens with one attached hydrogen (secondary N) is 1. The third kappa shape index (κ3) is 2.05. The van der Waals surface area contributed by atoms with E-state index in [0.717, 1.165) is 17.9 Å². The van der Waals surface area contributed by atoms with E-state index in [1.165, 1.54) is 11.8 Å². The number of H-pyrrole nitrogens is 1. The number of hydrogen-bond acceptors (Lipinski definition) is 5. The second-order valence-electron chi connectivity index (χ2n) is 3.94. The first-order valence-electron chi connectivity index (χ1n) is 5.30. The minimum atomic E-state index is -0.148. The van der Waals surface area contributed by atoms with Crippen molar-refractivity contribution in [3.8, 4) is 0 Å². The molecule has 2 aromatic rings. The largest absolute Gasteiger partial charge is 0.397 e. The molecular weight excluding hydrogens is 238 g/mol. The highest BCUT2D eigenvalue weighted by Crippen LogP contribution is 2.37. The molecule has 3 N–H and O–H groups in total. The van der Waals surface area contributed by atoms with Gasteiger partial charge in [0.2, 0.25) is 0 Å². The molecule has 0 saturated heterocycles. The maximum absolute atomic E-state index is 11.6. The van der Waals surface area contributed by atoms with Crippen LogP contribution in [0.2, 0.25) is 0 Å². The van der Waals surface area contributed by atoms with E-state index in [1.807, 2.05) is 6.07 Å². The molecule has 2 aromatic heterocycles. The van der Waals surface area contributed by atoms with Gasteiger partial charge in [-0.25, -0.2) is 14.9 Å². The van der Waals surface area contributed by atoms with E-state index < -0.39 is 0 Å². The Kier molecular flexibility index (Phi) is 2.40. The maximum Gasteiger partial charge on any atom is 0.344 e. The minimum absolute atomic E-state index is 0.148. The Morgan fingerprint density at radius 2 is 2.29 bits per heavy atom. The standard InChI is InChI=1S/C10H11N5OS/c11-6-1-4-8(12-5-6)17-10-14-13-9(16)15(10)7-2-3-7/h1,4-5,7H,2-3,11H2,(H,13,16). The number of aromatic amines is 1. The van der Waals surface area contributed by atoms with Crippen LogP contribution in [0.15, 0.2) is 33.3 Å². The minimum Gasteiger partial charge on any atom is -0.397 e. The summed E-state index contributed by atoms with van der Waals surface area (Å²) in [6.45, 7) is 0. The van der Waals surface area contributed by atoms with E-state index in [9.17, 15) is 4.79 Å². The van der Waals surface area contributed by atoms with Gasteiger partial charge in [-0.15, -0.1) is 5.10 Å². The van der Waals surface area contributed by atoms with Crippen molar-refractivity contribution in [2.75, 3.05) is 5.73 Å². The summed E-state index contributed by atoms with van der Waals surface area (Å²) in [6, 6.07) is 3.90. The third-order valence-electron chi connectivity index (χ3n) is 2.54. The topological polar surface area (TPSA) is 89.6 Å². The fourth-order valence-corrected chi connectivity index (χ4v) is 2.41. The average molecular weight is 249 g/mol. The number of rotatable bonds is 3. The summed E-state index contributed by atoms with van der Waals surface area (Å²) < 4.78 is 1.70. The van der Waals surface area contributed by atoms with Gasteiger partial charge < -0.3 is 5.73 Å². The van der Waals surface area contributed by atoms with Gasteiger partial charge in [-0.3, -0.25) is 4.57 Å². The molecule has 1 fully saturated rings. The number of aromatic nitrogens is 4. The molecule has 0 spiro atoms. The Balaban J connectivity index is 1.90. The zero-order valence-electron chi connectivity index (χ0n) is 8.96. The number of nitrogens with zero attached hydrogens (tertiary/aromatic N) is 3.